The van der Waals surface area contributed by atoms with Gasteiger partial charge < -0.3 is 10.1 Å². The third-order valence-corrected chi connectivity index (χ3v) is 4.00. The van der Waals surface area contributed by atoms with Crippen molar-refractivity contribution < 1.29 is 9.13 Å². The molecule has 0 unspecified atom stereocenters. The zero-order chi connectivity index (χ0) is 16.6. The molecule has 2 aromatic rings. The van der Waals surface area contributed by atoms with Crippen molar-refractivity contribution in [2.45, 2.75) is 19.4 Å². The van der Waals surface area contributed by atoms with E-state index in [1.165, 1.54) is 12.1 Å². The molecule has 1 N–H and O–H groups in total. The first-order valence-electron chi connectivity index (χ1n) is 7.38. The standard InChI is InChI=1S/C19H17FN2O/c1-19(2)16(11-21)18(12-4-6-13(20)7-5-12)15-9-8-14(22-3)10-17(15)23-19/h4-10,22H,1-3H3. The summed E-state index contributed by atoms with van der Waals surface area (Å²) in [6, 6.07) is 14.2. The first kappa shape index (κ1) is 15.1. The van der Waals surface area contributed by atoms with Gasteiger partial charge in [-0.15, -0.1) is 0 Å². The quantitative estimate of drug-likeness (QED) is 0.896. The molecule has 3 nitrogen and oxygen atoms in total. The Hall–Kier alpha value is -2.80. The molecule has 1 heterocycles. The van der Waals surface area contributed by atoms with Crippen LogP contribution in [0, 0.1) is 17.1 Å². The van der Waals surface area contributed by atoms with Gasteiger partial charge in [0.25, 0.3) is 0 Å². The number of benzene rings is 2. The fraction of sp³-hybridized carbons (Fsp3) is 0.211. The van der Waals surface area contributed by atoms with Gasteiger partial charge in [-0.3, -0.25) is 0 Å². The minimum Gasteiger partial charge on any atom is -0.482 e. The summed E-state index contributed by atoms with van der Waals surface area (Å²) < 4.78 is 19.3. The molecule has 23 heavy (non-hydrogen) atoms. The molecule has 116 valence electrons. The molecule has 0 fully saturated rings. The van der Waals surface area contributed by atoms with Gasteiger partial charge in [-0.1, -0.05) is 12.1 Å². The van der Waals surface area contributed by atoms with Gasteiger partial charge in [0.15, 0.2) is 0 Å². The van der Waals surface area contributed by atoms with Crippen LogP contribution < -0.4 is 10.1 Å². The lowest BCUT2D eigenvalue weighted by molar-refractivity contribution is 0.149. The Kier molecular flexibility index (Phi) is 3.57. The van der Waals surface area contributed by atoms with Crippen molar-refractivity contribution in [3.63, 3.8) is 0 Å². The number of rotatable bonds is 2. The zero-order valence-corrected chi connectivity index (χ0v) is 13.3. The van der Waals surface area contributed by atoms with Crippen LogP contribution in [0.5, 0.6) is 5.75 Å². The summed E-state index contributed by atoms with van der Waals surface area (Å²) >= 11 is 0. The summed E-state index contributed by atoms with van der Waals surface area (Å²) in [5.74, 6) is 0.408. The summed E-state index contributed by atoms with van der Waals surface area (Å²) in [5.41, 5.74) is 3.15. The third-order valence-electron chi connectivity index (χ3n) is 4.00. The Bertz CT molecular complexity index is 829. The smallest absolute Gasteiger partial charge is 0.139 e. The van der Waals surface area contributed by atoms with Gasteiger partial charge in [0.1, 0.15) is 17.2 Å². The van der Waals surface area contributed by atoms with Crippen molar-refractivity contribution in [2.24, 2.45) is 0 Å². The summed E-state index contributed by atoms with van der Waals surface area (Å²) in [6.45, 7) is 3.73. The number of anilines is 1. The highest BCUT2D eigenvalue weighted by atomic mass is 19.1. The van der Waals surface area contributed by atoms with Crippen molar-refractivity contribution in [3.05, 3.63) is 65.0 Å². The van der Waals surface area contributed by atoms with E-state index in [4.69, 9.17) is 4.74 Å². The minimum absolute atomic E-state index is 0.301. The fourth-order valence-electron chi connectivity index (χ4n) is 2.84. The molecule has 1 aliphatic heterocycles. The predicted octanol–water partition coefficient (Wildman–Crippen LogP) is 4.36. The Balaban J connectivity index is 2.29. The molecule has 2 aromatic carbocycles. The molecule has 0 radical (unpaired) electrons. The van der Waals surface area contributed by atoms with E-state index in [-0.39, 0.29) is 5.82 Å². The van der Waals surface area contributed by atoms with E-state index in [9.17, 15) is 9.65 Å². The van der Waals surface area contributed by atoms with Gasteiger partial charge in [-0.25, -0.2) is 4.39 Å². The van der Waals surface area contributed by atoms with E-state index in [1.54, 1.807) is 12.1 Å². The predicted molar refractivity (Wildman–Crippen MR) is 88.7 cm³/mol. The Labute approximate surface area is 135 Å². The Morgan fingerprint density at radius 1 is 1.13 bits per heavy atom. The van der Waals surface area contributed by atoms with Crippen molar-refractivity contribution in [3.8, 4) is 11.8 Å². The molecule has 0 bridgehead atoms. The summed E-state index contributed by atoms with van der Waals surface area (Å²) in [5, 5.41) is 12.7. The number of fused-ring (bicyclic) bond motifs is 1. The van der Waals surface area contributed by atoms with Crippen LogP contribution in [0.4, 0.5) is 10.1 Å². The minimum atomic E-state index is -0.752. The Morgan fingerprint density at radius 3 is 2.43 bits per heavy atom. The lowest BCUT2D eigenvalue weighted by Gasteiger charge is -2.34. The molecule has 0 saturated heterocycles. The lowest BCUT2D eigenvalue weighted by Crippen LogP contribution is -2.34. The molecular weight excluding hydrogens is 291 g/mol. The van der Waals surface area contributed by atoms with Crippen molar-refractivity contribution in [1.29, 1.82) is 5.26 Å². The average molecular weight is 308 g/mol. The van der Waals surface area contributed by atoms with Gasteiger partial charge in [-0.2, -0.15) is 5.26 Å². The highest BCUT2D eigenvalue weighted by molar-refractivity contribution is 5.89. The number of ether oxygens (including phenoxy) is 1. The molecule has 0 spiro atoms. The normalized spacial score (nSPS) is 15.4. The second-order valence-electron chi connectivity index (χ2n) is 5.94. The number of hydrogen-bond donors (Lipinski definition) is 1. The number of nitrogens with one attached hydrogen (secondary N) is 1. The summed E-state index contributed by atoms with van der Waals surface area (Å²) in [7, 11) is 1.84. The van der Waals surface area contributed by atoms with E-state index in [2.05, 4.69) is 11.4 Å². The highest BCUT2D eigenvalue weighted by Crippen LogP contribution is 2.44. The van der Waals surface area contributed by atoms with E-state index in [0.717, 1.165) is 22.4 Å². The van der Waals surface area contributed by atoms with Gasteiger partial charge >= 0.3 is 0 Å². The molecule has 0 aromatic heterocycles. The van der Waals surface area contributed by atoms with Crippen molar-refractivity contribution in [1.82, 2.24) is 0 Å². The largest absolute Gasteiger partial charge is 0.482 e. The van der Waals surface area contributed by atoms with E-state index in [0.29, 0.717) is 11.3 Å². The molecule has 0 amide bonds. The van der Waals surface area contributed by atoms with Crippen LogP contribution in [0.2, 0.25) is 0 Å². The Morgan fingerprint density at radius 2 is 1.83 bits per heavy atom. The average Bonchev–Trinajstić information content (AvgIpc) is 2.53. The van der Waals surface area contributed by atoms with Crippen molar-refractivity contribution >= 4 is 11.3 Å². The maximum Gasteiger partial charge on any atom is 0.139 e. The second-order valence-corrected chi connectivity index (χ2v) is 5.94. The second kappa shape index (κ2) is 5.44. The summed E-state index contributed by atoms with van der Waals surface area (Å²) in [4.78, 5) is 0. The van der Waals surface area contributed by atoms with Crippen LogP contribution >= 0.6 is 0 Å². The highest BCUT2D eigenvalue weighted by Gasteiger charge is 2.35. The maximum atomic E-state index is 13.3. The van der Waals surface area contributed by atoms with E-state index < -0.39 is 5.60 Å². The van der Waals surface area contributed by atoms with Crippen LogP contribution in [-0.2, 0) is 0 Å². The van der Waals surface area contributed by atoms with Gasteiger partial charge in [0.2, 0.25) is 0 Å². The molecule has 0 saturated carbocycles. The van der Waals surface area contributed by atoms with Gasteiger partial charge in [-0.05, 0) is 43.7 Å². The monoisotopic (exact) mass is 308 g/mol. The SMILES string of the molecule is CNc1ccc2c(c1)OC(C)(C)C(C#N)=C2c1ccc(F)cc1. The van der Waals surface area contributed by atoms with Gasteiger partial charge in [0.05, 0.1) is 11.6 Å². The van der Waals surface area contributed by atoms with Crippen molar-refractivity contribution in [2.75, 3.05) is 12.4 Å². The first-order chi connectivity index (χ1) is 11.0. The number of halogens is 1. The van der Waals surface area contributed by atoms with Crippen LogP contribution in [0.3, 0.4) is 0 Å². The van der Waals surface area contributed by atoms with Crippen LogP contribution in [0.1, 0.15) is 25.0 Å². The zero-order valence-electron chi connectivity index (χ0n) is 13.3. The molecule has 0 atom stereocenters. The number of nitrogens with zero attached hydrogens (tertiary/aromatic N) is 1. The van der Waals surface area contributed by atoms with Crippen LogP contribution in [0.25, 0.3) is 5.57 Å². The number of hydrogen-bond acceptors (Lipinski definition) is 3. The van der Waals surface area contributed by atoms with E-state index in [1.807, 2.05) is 39.1 Å². The first-order valence-corrected chi connectivity index (χ1v) is 7.38. The van der Waals surface area contributed by atoms with Crippen LogP contribution in [0.15, 0.2) is 48.0 Å². The maximum absolute atomic E-state index is 13.3. The fourth-order valence-corrected chi connectivity index (χ4v) is 2.84. The van der Waals surface area contributed by atoms with Gasteiger partial charge in [0, 0.05) is 29.9 Å². The molecule has 3 rings (SSSR count). The molecule has 0 aliphatic carbocycles. The van der Waals surface area contributed by atoms with Crippen LogP contribution in [-0.4, -0.2) is 12.6 Å². The summed E-state index contributed by atoms with van der Waals surface area (Å²) in [6.07, 6.45) is 0. The molecule has 4 heteroatoms. The topological polar surface area (TPSA) is 45.0 Å². The molecule has 1 aliphatic rings. The number of nitriles is 1. The third kappa shape index (κ3) is 2.55. The van der Waals surface area contributed by atoms with E-state index >= 15 is 0 Å². The lowest BCUT2D eigenvalue weighted by atomic mass is 9.83. The molecular formula is C19H17FN2O.